The van der Waals surface area contributed by atoms with E-state index in [2.05, 4.69) is 40.4 Å². The molecular formula is C13H17BrN2O. The Morgan fingerprint density at radius 2 is 2.12 bits per heavy atom. The van der Waals surface area contributed by atoms with Gasteiger partial charge < -0.3 is 10.6 Å². The second-order valence-electron chi connectivity index (χ2n) is 4.15. The zero-order chi connectivity index (χ0) is 12.8. The van der Waals surface area contributed by atoms with Crippen LogP contribution in [0, 0.1) is 5.92 Å². The van der Waals surface area contributed by atoms with Crippen molar-refractivity contribution in [2.45, 2.75) is 20.8 Å². The molecule has 92 valence electrons. The number of rotatable bonds is 3. The van der Waals surface area contributed by atoms with Crippen LogP contribution in [-0.4, -0.2) is 6.03 Å². The molecule has 1 aromatic carbocycles. The summed E-state index contributed by atoms with van der Waals surface area (Å²) in [5, 5.41) is 5.46. The van der Waals surface area contributed by atoms with Crippen LogP contribution in [0.15, 0.2) is 40.5 Å². The average molecular weight is 297 g/mol. The molecule has 4 heteroatoms. The van der Waals surface area contributed by atoms with Crippen LogP contribution in [0.1, 0.15) is 20.8 Å². The number of hydrogen-bond donors (Lipinski definition) is 2. The van der Waals surface area contributed by atoms with E-state index < -0.39 is 0 Å². The van der Waals surface area contributed by atoms with Crippen molar-refractivity contribution < 1.29 is 4.79 Å². The first-order chi connectivity index (χ1) is 7.99. The van der Waals surface area contributed by atoms with Gasteiger partial charge in [0.2, 0.25) is 0 Å². The van der Waals surface area contributed by atoms with Gasteiger partial charge in [-0.3, -0.25) is 0 Å². The predicted molar refractivity (Wildman–Crippen MR) is 74.9 cm³/mol. The summed E-state index contributed by atoms with van der Waals surface area (Å²) >= 11 is 3.35. The molecule has 0 atom stereocenters. The van der Waals surface area contributed by atoms with E-state index in [1.54, 1.807) is 6.20 Å². The third kappa shape index (κ3) is 5.04. The molecule has 0 aliphatic rings. The predicted octanol–water partition coefficient (Wildman–Crippen LogP) is 4.13. The van der Waals surface area contributed by atoms with Gasteiger partial charge in [0.05, 0.1) is 0 Å². The maximum atomic E-state index is 11.6. The van der Waals surface area contributed by atoms with E-state index in [9.17, 15) is 4.79 Å². The smallest absolute Gasteiger partial charge is 0.314 e. The Morgan fingerprint density at radius 3 is 2.71 bits per heavy atom. The number of amides is 2. The van der Waals surface area contributed by atoms with Crippen LogP contribution in [0.2, 0.25) is 0 Å². The Kier molecular flexibility index (Phi) is 5.22. The Hall–Kier alpha value is -1.29. The van der Waals surface area contributed by atoms with E-state index in [0.29, 0.717) is 5.92 Å². The monoisotopic (exact) mass is 296 g/mol. The molecule has 0 aliphatic carbocycles. The van der Waals surface area contributed by atoms with Crippen molar-refractivity contribution >= 4 is 27.6 Å². The molecule has 0 unspecified atom stereocenters. The summed E-state index contributed by atoms with van der Waals surface area (Å²) in [6, 6.07) is 7.23. The maximum Gasteiger partial charge on any atom is 0.323 e. The summed E-state index contributed by atoms with van der Waals surface area (Å²) in [4.78, 5) is 11.6. The molecule has 0 bridgehead atoms. The minimum absolute atomic E-state index is 0.233. The number of allylic oxidation sites excluding steroid dienone is 1. The van der Waals surface area contributed by atoms with Gasteiger partial charge in [0.1, 0.15) is 0 Å². The molecule has 0 fully saturated rings. The third-order valence-electron chi connectivity index (χ3n) is 2.42. The van der Waals surface area contributed by atoms with Crippen molar-refractivity contribution in [3.8, 4) is 0 Å². The maximum absolute atomic E-state index is 11.6. The van der Waals surface area contributed by atoms with Gasteiger partial charge in [0, 0.05) is 16.4 Å². The molecule has 2 N–H and O–H groups in total. The van der Waals surface area contributed by atoms with Crippen LogP contribution in [0.4, 0.5) is 10.5 Å². The first-order valence-corrected chi connectivity index (χ1v) is 6.28. The number of carbonyl (C=O) groups is 1. The Morgan fingerprint density at radius 1 is 1.41 bits per heavy atom. The van der Waals surface area contributed by atoms with Gasteiger partial charge in [-0.15, -0.1) is 0 Å². The molecule has 1 aromatic rings. The highest BCUT2D eigenvalue weighted by Gasteiger charge is 2.01. The minimum atomic E-state index is -0.233. The topological polar surface area (TPSA) is 41.1 Å². The van der Waals surface area contributed by atoms with Gasteiger partial charge in [-0.25, -0.2) is 4.79 Å². The largest absolute Gasteiger partial charge is 0.323 e. The fourth-order valence-electron chi connectivity index (χ4n) is 1.08. The van der Waals surface area contributed by atoms with Gasteiger partial charge in [-0.2, -0.15) is 0 Å². The molecule has 0 radical (unpaired) electrons. The lowest BCUT2D eigenvalue weighted by Gasteiger charge is -2.07. The van der Waals surface area contributed by atoms with E-state index in [4.69, 9.17) is 0 Å². The summed E-state index contributed by atoms with van der Waals surface area (Å²) < 4.78 is 0.934. The Balaban J connectivity index is 2.53. The molecule has 1 rings (SSSR count). The SMILES string of the molecule is C/C(=C\NC(=O)Nc1cccc(Br)c1)C(C)C. The lowest BCUT2D eigenvalue weighted by molar-refractivity contribution is 0.255. The molecule has 0 saturated heterocycles. The van der Waals surface area contributed by atoms with Crippen molar-refractivity contribution in [1.82, 2.24) is 5.32 Å². The van der Waals surface area contributed by atoms with E-state index >= 15 is 0 Å². The standard InChI is InChI=1S/C13H17BrN2O/c1-9(2)10(3)8-15-13(17)16-12-6-4-5-11(14)7-12/h4-9H,1-3H3,(H2,15,16,17)/b10-8+. The van der Waals surface area contributed by atoms with Gasteiger partial charge in [0.25, 0.3) is 0 Å². The second-order valence-corrected chi connectivity index (χ2v) is 5.07. The van der Waals surface area contributed by atoms with Crippen molar-refractivity contribution in [1.29, 1.82) is 0 Å². The van der Waals surface area contributed by atoms with Gasteiger partial charge in [-0.05, 0) is 31.0 Å². The Bertz CT molecular complexity index is 427. The van der Waals surface area contributed by atoms with Gasteiger partial charge in [-0.1, -0.05) is 41.4 Å². The van der Waals surface area contributed by atoms with Crippen LogP contribution < -0.4 is 10.6 Å². The molecule has 2 amide bonds. The number of nitrogens with one attached hydrogen (secondary N) is 2. The molecule has 0 spiro atoms. The highest BCUT2D eigenvalue weighted by atomic mass is 79.9. The summed E-state index contributed by atoms with van der Waals surface area (Å²) in [7, 11) is 0. The minimum Gasteiger partial charge on any atom is -0.314 e. The fourth-order valence-corrected chi connectivity index (χ4v) is 1.48. The first kappa shape index (κ1) is 13.8. The quantitative estimate of drug-likeness (QED) is 0.865. The second kappa shape index (κ2) is 6.45. The molecular weight excluding hydrogens is 280 g/mol. The highest BCUT2D eigenvalue weighted by Crippen LogP contribution is 2.15. The molecule has 3 nitrogen and oxygen atoms in total. The van der Waals surface area contributed by atoms with Crippen LogP contribution >= 0.6 is 15.9 Å². The van der Waals surface area contributed by atoms with Crippen molar-refractivity contribution in [2.24, 2.45) is 5.92 Å². The Labute approximate surface area is 110 Å². The van der Waals surface area contributed by atoms with Gasteiger partial charge in [0.15, 0.2) is 0 Å². The van der Waals surface area contributed by atoms with Gasteiger partial charge >= 0.3 is 6.03 Å². The number of carbonyl (C=O) groups excluding carboxylic acids is 1. The van der Waals surface area contributed by atoms with E-state index in [1.807, 2.05) is 31.2 Å². The van der Waals surface area contributed by atoms with Crippen LogP contribution in [0.25, 0.3) is 0 Å². The third-order valence-corrected chi connectivity index (χ3v) is 2.92. The van der Waals surface area contributed by atoms with Crippen molar-refractivity contribution in [3.63, 3.8) is 0 Å². The number of urea groups is 1. The summed E-state index contributed by atoms with van der Waals surface area (Å²) in [6.45, 7) is 6.16. The molecule has 17 heavy (non-hydrogen) atoms. The van der Waals surface area contributed by atoms with Crippen molar-refractivity contribution in [3.05, 3.63) is 40.5 Å². The normalized spacial score (nSPS) is 11.5. The van der Waals surface area contributed by atoms with E-state index in [-0.39, 0.29) is 6.03 Å². The van der Waals surface area contributed by atoms with Crippen LogP contribution in [0.3, 0.4) is 0 Å². The summed E-state index contributed by atoms with van der Waals surface area (Å²) in [5.41, 5.74) is 1.89. The van der Waals surface area contributed by atoms with Crippen molar-refractivity contribution in [2.75, 3.05) is 5.32 Å². The van der Waals surface area contributed by atoms with E-state index in [1.165, 1.54) is 0 Å². The number of benzene rings is 1. The zero-order valence-corrected chi connectivity index (χ0v) is 11.8. The average Bonchev–Trinajstić information content (AvgIpc) is 2.25. The number of hydrogen-bond acceptors (Lipinski definition) is 1. The summed E-state index contributed by atoms with van der Waals surface area (Å²) in [6.07, 6.45) is 1.73. The lowest BCUT2D eigenvalue weighted by atomic mass is 10.1. The molecule has 0 aliphatic heterocycles. The van der Waals surface area contributed by atoms with Crippen LogP contribution in [0.5, 0.6) is 0 Å². The zero-order valence-electron chi connectivity index (χ0n) is 10.3. The highest BCUT2D eigenvalue weighted by molar-refractivity contribution is 9.10. The first-order valence-electron chi connectivity index (χ1n) is 5.49. The van der Waals surface area contributed by atoms with Crippen LogP contribution in [-0.2, 0) is 0 Å². The molecule has 0 aromatic heterocycles. The fraction of sp³-hybridized carbons (Fsp3) is 0.308. The lowest BCUT2D eigenvalue weighted by Crippen LogP contribution is -2.24. The summed E-state index contributed by atoms with van der Waals surface area (Å²) in [5.74, 6) is 0.432. The number of anilines is 1. The number of halogens is 1. The molecule has 0 heterocycles. The molecule has 0 saturated carbocycles. The van der Waals surface area contributed by atoms with E-state index in [0.717, 1.165) is 15.7 Å².